The van der Waals surface area contributed by atoms with Crippen LogP contribution in [0.25, 0.3) is 16.3 Å². The first kappa shape index (κ1) is 11.3. The van der Waals surface area contributed by atoms with Crippen molar-refractivity contribution in [1.29, 1.82) is 0 Å². The maximum atomic E-state index is 3.32. The van der Waals surface area contributed by atoms with Gasteiger partial charge in [-0.15, -0.1) is 0 Å². The van der Waals surface area contributed by atoms with Crippen LogP contribution in [0.1, 0.15) is 30.5 Å². The molecule has 3 heterocycles. The van der Waals surface area contributed by atoms with Gasteiger partial charge in [0.05, 0.1) is 0 Å². The third-order valence-corrected chi connectivity index (χ3v) is 5.04. The fourth-order valence-corrected chi connectivity index (χ4v) is 3.85. The zero-order valence-corrected chi connectivity index (χ0v) is 11.6. The van der Waals surface area contributed by atoms with Crippen LogP contribution < -0.4 is 0 Å². The lowest BCUT2D eigenvalue weighted by atomic mass is 9.93. The van der Waals surface area contributed by atoms with Gasteiger partial charge in [0.25, 0.3) is 0 Å². The number of aromatic nitrogens is 1. The Balaban J connectivity index is 1.80. The van der Waals surface area contributed by atoms with Gasteiger partial charge in [0.15, 0.2) is 0 Å². The van der Waals surface area contributed by atoms with Gasteiger partial charge in [-0.1, -0.05) is 18.2 Å². The highest BCUT2D eigenvalue weighted by Gasteiger charge is 2.35. The van der Waals surface area contributed by atoms with Crippen LogP contribution >= 0.6 is 0 Å². The lowest BCUT2D eigenvalue weighted by Gasteiger charge is -2.32. The summed E-state index contributed by atoms with van der Waals surface area (Å²) in [5, 5.41) is 2.68. The van der Waals surface area contributed by atoms with Gasteiger partial charge in [-0.05, 0) is 55.8 Å². The molecule has 2 aliphatic heterocycles. The molecule has 2 unspecified atom stereocenters. The highest BCUT2D eigenvalue weighted by Crippen LogP contribution is 2.39. The first-order valence-corrected chi connectivity index (χ1v) is 7.24. The Labute approximate surface area is 114 Å². The number of rotatable bonds is 1. The summed E-state index contributed by atoms with van der Waals surface area (Å²) in [6, 6.07) is 8.32. The molecule has 1 fully saturated rings. The Morgan fingerprint density at radius 2 is 2.16 bits per heavy atom. The van der Waals surface area contributed by atoms with E-state index in [-0.39, 0.29) is 0 Å². The number of hydrogen-bond acceptors (Lipinski definition) is 1. The normalized spacial score (nSPS) is 26.9. The topological polar surface area (TPSA) is 19.0 Å². The molecule has 98 valence electrons. The fourth-order valence-electron chi connectivity index (χ4n) is 3.85. The number of nitrogens with zero attached hydrogens (tertiary/aromatic N) is 1. The molecule has 1 aromatic heterocycles. The Hall–Kier alpha value is -1.54. The number of nitrogens with one attached hydrogen (secondary N) is 1. The average Bonchev–Trinajstić information content (AvgIpc) is 2.87. The van der Waals surface area contributed by atoms with Crippen LogP contribution in [0, 0.1) is 6.92 Å². The standard InChI is InChI=1S/C17H20N2/c1-11-15-6-3-12(9-13(15)10-18-11)16-7-4-14-5-8-17(16)19(14)2/h3,6-7,9-10,14,17-18H,4-5,8H2,1-2H3. The van der Waals surface area contributed by atoms with Gasteiger partial charge in [0, 0.05) is 29.4 Å². The number of H-pyrrole nitrogens is 1. The van der Waals surface area contributed by atoms with E-state index in [2.05, 4.69) is 54.3 Å². The highest BCUT2D eigenvalue weighted by atomic mass is 15.2. The monoisotopic (exact) mass is 252 g/mol. The molecule has 2 atom stereocenters. The van der Waals surface area contributed by atoms with Crippen molar-refractivity contribution in [2.75, 3.05) is 7.05 Å². The Kier molecular flexibility index (Phi) is 2.36. The Morgan fingerprint density at radius 1 is 1.26 bits per heavy atom. The van der Waals surface area contributed by atoms with E-state index in [9.17, 15) is 0 Å². The Bertz CT molecular complexity index is 665. The summed E-state index contributed by atoms with van der Waals surface area (Å²) in [5.41, 5.74) is 4.21. The molecule has 1 aromatic carbocycles. The van der Waals surface area contributed by atoms with Crippen LogP contribution in [0.5, 0.6) is 0 Å². The molecule has 0 saturated carbocycles. The molecule has 0 spiro atoms. The average molecular weight is 252 g/mol. The van der Waals surface area contributed by atoms with Crippen molar-refractivity contribution in [2.45, 2.75) is 38.3 Å². The highest BCUT2D eigenvalue weighted by molar-refractivity contribution is 5.89. The molecule has 0 amide bonds. The summed E-state index contributed by atoms with van der Waals surface area (Å²) in [4.78, 5) is 5.89. The van der Waals surface area contributed by atoms with E-state index in [4.69, 9.17) is 0 Å². The van der Waals surface area contributed by atoms with Crippen LogP contribution in [0.3, 0.4) is 0 Å². The van der Waals surface area contributed by atoms with Crippen molar-refractivity contribution < 1.29 is 0 Å². The summed E-state index contributed by atoms with van der Waals surface area (Å²) >= 11 is 0. The first-order chi connectivity index (χ1) is 9.24. The first-order valence-electron chi connectivity index (χ1n) is 7.24. The molecule has 2 nitrogen and oxygen atoms in total. The van der Waals surface area contributed by atoms with Gasteiger partial charge in [-0.2, -0.15) is 0 Å². The quantitative estimate of drug-likeness (QED) is 0.819. The SMILES string of the molecule is Cc1[nH]cc2cc(C3=CCC4CCC3N4C)ccc12. The van der Waals surface area contributed by atoms with Crippen molar-refractivity contribution in [3.63, 3.8) is 0 Å². The number of benzene rings is 1. The molecule has 1 N–H and O–H groups in total. The van der Waals surface area contributed by atoms with E-state index in [1.165, 1.54) is 46.9 Å². The molecule has 0 radical (unpaired) electrons. The predicted octanol–water partition coefficient (Wildman–Crippen LogP) is 3.73. The molecular weight excluding hydrogens is 232 g/mol. The van der Waals surface area contributed by atoms with Crippen LogP contribution in [0.15, 0.2) is 30.5 Å². The maximum Gasteiger partial charge on any atom is 0.0351 e. The van der Waals surface area contributed by atoms with E-state index in [0.717, 1.165) is 6.04 Å². The summed E-state index contributed by atoms with van der Waals surface area (Å²) < 4.78 is 0. The minimum atomic E-state index is 0.635. The van der Waals surface area contributed by atoms with E-state index >= 15 is 0 Å². The number of aromatic amines is 1. The Morgan fingerprint density at radius 3 is 3.05 bits per heavy atom. The second-order valence-electron chi connectivity index (χ2n) is 6.02. The number of hydrogen-bond donors (Lipinski definition) is 1. The predicted molar refractivity (Wildman–Crippen MR) is 80.2 cm³/mol. The van der Waals surface area contributed by atoms with Gasteiger partial charge < -0.3 is 4.98 Å². The minimum absolute atomic E-state index is 0.635. The number of likely N-dealkylation sites (N-methyl/N-ethyl adjacent to an activating group) is 1. The zero-order valence-electron chi connectivity index (χ0n) is 11.6. The molecule has 2 aliphatic rings. The number of fused-ring (bicyclic) bond motifs is 3. The molecule has 2 heteroatoms. The van der Waals surface area contributed by atoms with E-state index in [1.807, 2.05) is 0 Å². The van der Waals surface area contributed by atoms with Crippen LogP contribution in [-0.4, -0.2) is 29.0 Å². The molecule has 1 saturated heterocycles. The second kappa shape index (κ2) is 3.97. The van der Waals surface area contributed by atoms with Crippen LogP contribution in [0.2, 0.25) is 0 Å². The third kappa shape index (κ3) is 1.59. The third-order valence-electron chi connectivity index (χ3n) is 5.04. The lowest BCUT2D eigenvalue weighted by molar-refractivity contribution is 0.267. The lowest BCUT2D eigenvalue weighted by Crippen LogP contribution is -2.35. The molecule has 2 bridgehead atoms. The van der Waals surface area contributed by atoms with Gasteiger partial charge in [0.1, 0.15) is 0 Å². The maximum absolute atomic E-state index is 3.32. The van der Waals surface area contributed by atoms with Crippen LogP contribution in [-0.2, 0) is 0 Å². The second-order valence-corrected chi connectivity index (χ2v) is 6.02. The largest absolute Gasteiger partial charge is 0.364 e. The van der Waals surface area contributed by atoms with Crippen molar-refractivity contribution >= 4 is 16.3 Å². The van der Waals surface area contributed by atoms with Crippen molar-refractivity contribution in [3.05, 3.63) is 41.7 Å². The van der Waals surface area contributed by atoms with Crippen molar-refractivity contribution in [2.24, 2.45) is 0 Å². The zero-order chi connectivity index (χ0) is 13.0. The van der Waals surface area contributed by atoms with Gasteiger partial charge in [-0.3, -0.25) is 4.90 Å². The van der Waals surface area contributed by atoms with Gasteiger partial charge >= 0.3 is 0 Å². The van der Waals surface area contributed by atoms with Gasteiger partial charge in [-0.25, -0.2) is 0 Å². The molecule has 2 aromatic rings. The van der Waals surface area contributed by atoms with Crippen LogP contribution in [0.4, 0.5) is 0 Å². The molecular formula is C17H20N2. The van der Waals surface area contributed by atoms with Crippen molar-refractivity contribution in [3.8, 4) is 0 Å². The molecule has 19 heavy (non-hydrogen) atoms. The van der Waals surface area contributed by atoms with E-state index < -0.39 is 0 Å². The fraction of sp³-hybridized carbons (Fsp3) is 0.412. The van der Waals surface area contributed by atoms with Gasteiger partial charge in [0.2, 0.25) is 0 Å². The molecule has 0 aliphatic carbocycles. The smallest absolute Gasteiger partial charge is 0.0351 e. The molecule has 4 rings (SSSR count). The summed E-state index contributed by atoms with van der Waals surface area (Å²) in [6.07, 6.45) is 8.48. The minimum Gasteiger partial charge on any atom is -0.364 e. The van der Waals surface area contributed by atoms with E-state index in [0.29, 0.717) is 6.04 Å². The number of aryl methyl sites for hydroxylation is 1. The summed E-state index contributed by atoms with van der Waals surface area (Å²) in [5.74, 6) is 0. The summed E-state index contributed by atoms with van der Waals surface area (Å²) in [7, 11) is 2.29. The van der Waals surface area contributed by atoms with E-state index in [1.54, 1.807) is 0 Å². The van der Waals surface area contributed by atoms with Crippen molar-refractivity contribution in [1.82, 2.24) is 9.88 Å². The summed E-state index contributed by atoms with van der Waals surface area (Å²) in [6.45, 7) is 2.14.